The van der Waals surface area contributed by atoms with E-state index >= 15 is 0 Å². The monoisotopic (exact) mass is 316 g/mol. The van der Waals surface area contributed by atoms with Gasteiger partial charge >= 0.3 is 11.9 Å². The van der Waals surface area contributed by atoms with Crippen LogP contribution in [-0.2, 0) is 9.59 Å². The van der Waals surface area contributed by atoms with Crippen LogP contribution in [0.3, 0.4) is 0 Å². The van der Waals surface area contributed by atoms with Gasteiger partial charge < -0.3 is 20.8 Å². The van der Waals surface area contributed by atoms with Crippen molar-refractivity contribution in [2.24, 2.45) is 0 Å². The lowest BCUT2D eigenvalue weighted by Gasteiger charge is -2.26. The van der Waals surface area contributed by atoms with Crippen LogP contribution in [-0.4, -0.2) is 97.4 Å². The molecule has 1 rings (SSSR count). The van der Waals surface area contributed by atoms with Crippen LogP contribution < -0.4 is 10.6 Å². The highest BCUT2D eigenvalue weighted by molar-refractivity contribution is 5.69. The maximum Gasteiger partial charge on any atom is 0.317 e. The number of hydrogen-bond donors (Lipinski definition) is 4. The van der Waals surface area contributed by atoms with Gasteiger partial charge in [0.25, 0.3) is 0 Å². The van der Waals surface area contributed by atoms with Crippen molar-refractivity contribution in [1.29, 1.82) is 0 Å². The molecule has 0 radical (unpaired) electrons. The van der Waals surface area contributed by atoms with E-state index in [9.17, 15) is 9.59 Å². The minimum Gasteiger partial charge on any atom is -0.480 e. The maximum atomic E-state index is 10.9. The lowest BCUT2D eigenvalue weighted by atomic mass is 10.3. The Labute approximate surface area is 131 Å². The van der Waals surface area contributed by atoms with Crippen LogP contribution in [0.4, 0.5) is 0 Å². The lowest BCUT2D eigenvalue weighted by molar-refractivity contribution is -0.140. The van der Waals surface area contributed by atoms with E-state index in [1.54, 1.807) is 0 Å². The minimum absolute atomic E-state index is 0.00245. The van der Waals surface area contributed by atoms with Gasteiger partial charge in [0, 0.05) is 26.2 Å². The predicted molar refractivity (Wildman–Crippen MR) is 83.1 cm³/mol. The van der Waals surface area contributed by atoms with Gasteiger partial charge in [0.1, 0.15) is 0 Å². The quantitative estimate of drug-likeness (QED) is 0.509. The van der Waals surface area contributed by atoms with E-state index in [0.29, 0.717) is 26.2 Å². The van der Waals surface area contributed by atoms with E-state index in [-0.39, 0.29) is 13.1 Å². The second-order valence-corrected chi connectivity index (χ2v) is 5.55. The van der Waals surface area contributed by atoms with Crippen LogP contribution >= 0.6 is 0 Å². The third-order valence-corrected chi connectivity index (χ3v) is 3.58. The first-order valence-electron chi connectivity index (χ1n) is 7.87. The Bertz CT molecular complexity index is 309. The van der Waals surface area contributed by atoms with Crippen molar-refractivity contribution in [3.63, 3.8) is 0 Å². The number of rotatable bonds is 4. The van der Waals surface area contributed by atoms with E-state index in [2.05, 4.69) is 10.6 Å². The first-order chi connectivity index (χ1) is 10.6. The molecule has 8 nitrogen and oxygen atoms in total. The molecule has 0 spiro atoms. The number of aliphatic carboxylic acids is 2. The molecule has 0 bridgehead atoms. The number of hydrogen-bond acceptors (Lipinski definition) is 6. The summed E-state index contributed by atoms with van der Waals surface area (Å²) in [6.45, 7) is 6.05. The number of nitrogens with zero attached hydrogens (tertiary/aromatic N) is 2. The second-order valence-electron chi connectivity index (χ2n) is 5.55. The summed E-state index contributed by atoms with van der Waals surface area (Å²) in [5.41, 5.74) is 0. The van der Waals surface area contributed by atoms with E-state index in [1.807, 2.05) is 9.80 Å². The summed E-state index contributed by atoms with van der Waals surface area (Å²) in [7, 11) is 0. The zero-order chi connectivity index (χ0) is 16.2. The fourth-order valence-electron chi connectivity index (χ4n) is 2.49. The fraction of sp³-hybridized carbons (Fsp3) is 0.857. The molecule has 8 heteroatoms. The molecule has 1 aliphatic rings. The van der Waals surface area contributed by atoms with Gasteiger partial charge in [-0.3, -0.25) is 19.4 Å². The van der Waals surface area contributed by atoms with Crippen molar-refractivity contribution in [3.8, 4) is 0 Å². The van der Waals surface area contributed by atoms with Crippen LogP contribution in [0.25, 0.3) is 0 Å². The van der Waals surface area contributed by atoms with Crippen LogP contribution in [0.2, 0.25) is 0 Å². The van der Waals surface area contributed by atoms with Crippen molar-refractivity contribution >= 4 is 11.9 Å². The minimum atomic E-state index is -0.844. The predicted octanol–water partition coefficient (Wildman–Crippen LogP) is -1.27. The molecule has 0 saturated carbocycles. The summed E-state index contributed by atoms with van der Waals surface area (Å²) in [6, 6.07) is 0. The summed E-state index contributed by atoms with van der Waals surface area (Å²) in [5, 5.41) is 24.6. The van der Waals surface area contributed by atoms with Gasteiger partial charge in [0.2, 0.25) is 0 Å². The third kappa shape index (κ3) is 9.67. The molecule has 0 aliphatic carbocycles. The van der Waals surface area contributed by atoms with Gasteiger partial charge in [-0.1, -0.05) is 0 Å². The van der Waals surface area contributed by atoms with Crippen LogP contribution in [0.1, 0.15) is 12.8 Å². The Kier molecular flexibility index (Phi) is 9.72. The molecule has 1 heterocycles. The number of carbonyl (C=O) groups is 2. The average Bonchev–Trinajstić information content (AvgIpc) is 2.44. The van der Waals surface area contributed by atoms with Crippen molar-refractivity contribution in [2.75, 3.05) is 65.4 Å². The normalized spacial score (nSPS) is 21.1. The topological polar surface area (TPSA) is 105 Å². The molecule has 1 saturated heterocycles. The molecule has 4 N–H and O–H groups in total. The highest BCUT2D eigenvalue weighted by Crippen LogP contribution is 1.97. The second kappa shape index (κ2) is 11.4. The summed E-state index contributed by atoms with van der Waals surface area (Å²) in [4.78, 5) is 25.6. The zero-order valence-corrected chi connectivity index (χ0v) is 13.1. The maximum absolute atomic E-state index is 10.9. The molecular weight excluding hydrogens is 288 g/mol. The number of nitrogens with one attached hydrogen (secondary N) is 2. The van der Waals surface area contributed by atoms with E-state index in [1.165, 1.54) is 0 Å². The Morgan fingerprint density at radius 3 is 1.50 bits per heavy atom. The van der Waals surface area contributed by atoms with Crippen LogP contribution in [0, 0.1) is 0 Å². The summed E-state index contributed by atoms with van der Waals surface area (Å²) >= 11 is 0. The highest BCUT2D eigenvalue weighted by atomic mass is 16.4. The molecule has 0 atom stereocenters. The van der Waals surface area contributed by atoms with Gasteiger partial charge in [-0.05, 0) is 39.0 Å². The number of carboxylic acid groups (broad SMARTS) is 2. The average molecular weight is 316 g/mol. The molecule has 0 amide bonds. The Morgan fingerprint density at radius 1 is 0.727 bits per heavy atom. The SMILES string of the molecule is O=C(O)CN1CCCNCCNCCCN(CC(=O)O)CC1. The molecule has 1 aliphatic heterocycles. The Balaban J connectivity index is 2.53. The van der Waals surface area contributed by atoms with Crippen molar-refractivity contribution in [3.05, 3.63) is 0 Å². The molecule has 0 aromatic heterocycles. The van der Waals surface area contributed by atoms with Crippen molar-refractivity contribution in [1.82, 2.24) is 20.4 Å². The van der Waals surface area contributed by atoms with Crippen LogP contribution in [0.15, 0.2) is 0 Å². The van der Waals surface area contributed by atoms with Crippen molar-refractivity contribution in [2.45, 2.75) is 12.8 Å². The van der Waals surface area contributed by atoms with Gasteiger partial charge in [-0.25, -0.2) is 0 Å². The van der Waals surface area contributed by atoms with Gasteiger partial charge in [-0.15, -0.1) is 0 Å². The lowest BCUT2D eigenvalue weighted by Crippen LogP contribution is -2.42. The van der Waals surface area contributed by atoms with Gasteiger partial charge in [-0.2, -0.15) is 0 Å². The van der Waals surface area contributed by atoms with Gasteiger partial charge in [0.15, 0.2) is 0 Å². The van der Waals surface area contributed by atoms with Crippen molar-refractivity contribution < 1.29 is 19.8 Å². The molecular formula is C14H28N4O4. The fourth-order valence-corrected chi connectivity index (χ4v) is 2.49. The largest absolute Gasteiger partial charge is 0.480 e. The molecule has 0 aromatic rings. The summed E-state index contributed by atoms with van der Waals surface area (Å²) in [6.07, 6.45) is 1.76. The molecule has 128 valence electrons. The van der Waals surface area contributed by atoms with E-state index in [4.69, 9.17) is 10.2 Å². The Morgan fingerprint density at radius 2 is 1.14 bits per heavy atom. The van der Waals surface area contributed by atoms with Crippen LogP contribution in [0.5, 0.6) is 0 Å². The third-order valence-electron chi connectivity index (χ3n) is 3.58. The van der Waals surface area contributed by atoms with E-state index < -0.39 is 11.9 Å². The number of carboxylic acids is 2. The standard InChI is InChI=1S/C14H28N4O4/c19-13(20)11-17-7-1-3-15-5-6-16-4-2-8-18(10-9-17)12-14(21)22/h15-16H,1-12H2,(H,19,20)(H,21,22). The summed E-state index contributed by atoms with van der Waals surface area (Å²) in [5.74, 6) is -1.69. The van der Waals surface area contributed by atoms with Gasteiger partial charge in [0.05, 0.1) is 13.1 Å². The Hall–Kier alpha value is -1.22. The van der Waals surface area contributed by atoms with E-state index in [0.717, 1.165) is 39.0 Å². The first-order valence-corrected chi connectivity index (χ1v) is 7.87. The molecule has 0 aromatic carbocycles. The molecule has 1 fully saturated rings. The zero-order valence-electron chi connectivity index (χ0n) is 13.1. The first kappa shape index (κ1) is 18.8. The highest BCUT2D eigenvalue weighted by Gasteiger charge is 2.14. The summed E-state index contributed by atoms with van der Waals surface area (Å²) < 4.78 is 0. The molecule has 0 unspecified atom stereocenters. The molecule has 22 heavy (non-hydrogen) atoms. The smallest absolute Gasteiger partial charge is 0.317 e.